The molecule has 4 rings (SSSR count). The van der Waals surface area contributed by atoms with Gasteiger partial charge in [-0.2, -0.15) is 0 Å². The van der Waals surface area contributed by atoms with E-state index in [0.717, 1.165) is 35.5 Å². The number of pyridine rings is 1. The lowest BCUT2D eigenvalue weighted by Gasteiger charge is -2.19. The smallest absolute Gasteiger partial charge is 0.229 e. The number of amides is 1. The zero-order chi connectivity index (χ0) is 16.5. The van der Waals surface area contributed by atoms with Crippen molar-refractivity contribution in [2.24, 2.45) is 5.92 Å². The number of fused-ring (bicyclic) bond motifs is 1. The second kappa shape index (κ2) is 6.16. The van der Waals surface area contributed by atoms with Crippen LogP contribution in [0.5, 0.6) is 0 Å². The summed E-state index contributed by atoms with van der Waals surface area (Å²) >= 11 is 1.65. The fourth-order valence-electron chi connectivity index (χ4n) is 2.87. The summed E-state index contributed by atoms with van der Waals surface area (Å²) in [4.78, 5) is 22.5. The Bertz CT molecular complexity index is 872. The number of anilines is 1. The first-order valence-electron chi connectivity index (χ1n) is 7.82. The van der Waals surface area contributed by atoms with E-state index in [-0.39, 0.29) is 11.8 Å². The van der Waals surface area contributed by atoms with Crippen molar-refractivity contribution in [3.8, 4) is 10.6 Å². The highest BCUT2D eigenvalue weighted by molar-refractivity contribution is 7.15. The summed E-state index contributed by atoms with van der Waals surface area (Å²) < 4.78 is 4.98. The van der Waals surface area contributed by atoms with Crippen LogP contribution in [0.1, 0.15) is 22.8 Å². The summed E-state index contributed by atoms with van der Waals surface area (Å²) in [5, 5.41) is 7.62. The van der Waals surface area contributed by atoms with Gasteiger partial charge in [-0.05, 0) is 38.3 Å². The molecule has 7 heteroatoms. The highest BCUT2D eigenvalue weighted by atomic mass is 32.1. The molecule has 0 aromatic carbocycles. The largest absolute Gasteiger partial charge is 0.360 e. The van der Waals surface area contributed by atoms with Gasteiger partial charge in [-0.1, -0.05) is 5.16 Å². The third-order valence-electron chi connectivity index (χ3n) is 4.10. The number of hydrogen-bond donors (Lipinski definition) is 1. The van der Waals surface area contributed by atoms with Gasteiger partial charge in [0, 0.05) is 34.8 Å². The highest BCUT2D eigenvalue weighted by Gasteiger charge is 2.28. The molecule has 1 aliphatic rings. The van der Waals surface area contributed by atoms with Gasteiger partial charge >= 0.3 is 0 Å². The Morgan fingerprint density at radius 3 is 3.12 bits per heavy atom. The van der Waals surface area contributed by atoms with Gasteiger partial charge in [0.15, 0.2) is 5.82 Å². The SMILES string of the molecule is Cc1cc(NC(=O)C2CCc3nc(-c4cccnc4)sc3C2)no1. The van der Waals surface area contributed by atoms with Crippen LogP contribution >= 0.6 is 11.3 Å². The summed E-state index contributed by atoms with van der Waals surface area (Å²) in [6.07, 6.45) is 5.91. The Morgan fingerprint density at radius 2 is 2.38 bits per heavy atom. The average molecular weight is 340 g/mol. The van der Waals surface area contributed by atoms with Crippen molar-refractivity contribution in [2.75, 3.05) is 5.32 Å². The van der Waals surface area contributed by atoms with Crippen molar-refractivity contribution in [2.45, 2.75) is 26.2 Å². The number of rotatable bonds is 3. The number of aryl methyl sites for hydroxylation is 2. The lowest BCUT2D eigenvalue weighted by atomic mass is 9.90. The summed E-state index contributed by atoms with van der Waals surface area (Å²) in [6.45, 7) is 1.80. The molecule has 0 fully saturated rings. The minimum absolute atomic E-state index is 0.00900. The number of thiazole rings is 1. The predicted octanol–water partition coefficient (Wildman–Crippen LogP) is 3.25. The van der Waals surface area contributed by atoms with Gasteiger partial charge in [-0.15, -0.1) is 11.3 Å². The normalized spacial score (nSPS) is 16.6. The third kappa shape index (κ3) is 2.94. The number of nitrogens with zero attached hydrogens (tertiary/aromatic N) is 3. The average Bonchev–Trinajstić information content (AvgIpc) is 3.21. The maximum atomic E-state index is 12.4. The molecule has 0 saturated heterocycles. The number of aromatic nitrogens is 3. The summed E-state index contributed by atoms with van der Waals surface area (Å²) in [6, 6.07) is 5.64. The Balaban J connectivity index is 1.49. The second-order valence-electron chi connectivity index (χ2n) is 5.88. The van der Waals surface area contributed by atoms with Crippen LogP contribution in [0.3, 0.4) is 0 Å². The molecule has 0 radical (unpaired) electrons. The molecule has 3 aromatic heterocycles. The lowest BCUT2D eigenvalue weighted by molar-refractivity contribution is -0.120. The molecule has 1 unspecified atom stereocenters. The van der Waals surface area contributed by atoms with Gasteiger partial charge in [0.25, 0.3) is 0 Å². The molecule has 0 bridgehead atoms. The topological polar surface area (TPSA) is 80.9 Å². The highest BCUT2D eigenvalue weighted by Crippen LogP contribution is 2.34. The van der Waals surface area contributed by atoms with Crippen LogP contribution in [-0.2, 0) is 17.6 Å². The molecule has 1 aliphatic carbocycles. The van der Waals surface area contributed by atoms with Gasteiger partial charge in [-0.3, -0.25) is 9.78 Å². The molecule has 1 atom stereocenters. The summed E-state index contributed by atoms with van der Waals surface area (Å²) in [5.74, 6) is 1.09. The monoisotopic (exact) mass is 340 g/mol. The molecule has 1 amide bonds. The van der Waals surface area contributed by atoms with Crippen LogP contribution in [0.4, 0.5) is 5.82 Å². The number of hydrogen-bond acceptors (Lipinski definition) is 6. The molecule has 24 heavy (non-hydrogen) atoms. The van der Waals surface area contributed by atoms with Crippen molar-refractivity contribution in [1.82, 2.24) is 15.1 Å². The number of carbonyl (C=O) groups excluding carboxylic acids is 1. The van der Waals surface area contributed by atoms with E-state index in [1.807, 2.05) is 18.3 Å². The van der Waals surface area contributed by atoms with E-state index in [1.165, 1.54) is 4.88 Å². The maximum Gasteiger partial charge on any atom is 0.229 e. The van der Waals surface area contributed by atoms with E-state index in [9.17, 15) is 4.79 Å². The Morgan fingerprint density at radius 1 is 1.46 bits per heavy atom. The van der Waals surface area contributed by atoms with Gasteiger partial charge in [0.1, 0.15) is 10.8 Å². The Hall–Kier alpha value is -2.54. The summed E-state index contributed by atoms with van der Waals surface area (Å²) in [5.41, 5.74) is 2.14. The van der Waals surface area contributed by atoms with E-state index < -0.39 is 0 Å². The first kappa shape index (κ1) is 15.0. The van der Waals surface area contributed by atoms with E-state index in [2.05, 4.69) is 15.5 Å². The van der Waals surface area contributed by atoms with Crippen molar-refractivity contribution in [3.63, 3.8) is 0 Å². The van der Waals surface area contributed by atoms with Crippen LogP contribution in [-0.4, -0.2) is 21.0 Å². The first-order chi connectivity index (χ1) is 11.7. The molecule has 1 N–H and O–H groups in total. The quantitative estimate of drug-likeness (QED) is 0.791. The second-order valence-corrected chi connectivity index (χ2v) is 6.97. The maximum absolute atomic E-state index is 12.4. The van der Waals surface area contributed by atoms with E-state index in [0.29, 0.717) is 11.6 Å². The van der Waals surface area contributed by atoms with Crippen molar-refractivity contribution < 1.29 is 9.32 Å². The van der Waals surface area contributed by atoms with E-state index >= 15 is 0 Å². The summed E-state index contributed by atoms with van der Waals surface area (Å²) in [7, 11) is 0. The molecular formula is C17H16N4O2S. The van der Waals surface area contributed by atoms with E-state index in [4.69, 9.17) is 9.51 Å². The Kier molecular flexibility index (Phi) is 3.86. The molecule has 122 valence electrons. The van der Waals surface area contributed by atoms with Crippen LogP contribution in [0.15, 0.2) is 35.1 Å². The minimum atomic E-state index is -0.0586. The molecule has 6 nitrogen and oxygen atoms in total. The van der Waals surface area contributed by atoms with Crippen molar-refractivity contribution in [1.29, 1.82) is 0 Å². The van der Waals surface area contributed by atoms with Crippen molar-refractivity contribution in [3.05, 3.63) is 46.9 Å². The Labute approximate surface area is 142 Å². The molecule has 3 heterocycles. The molecular weight excluding hydrogens is 324 g/mol. The number of carbonyl (C=O) groups is 1. The number of nitrogens with one attached hydrogen (secondary N) is 1. The molecule has 0 saturated carbocycles. The van der Waals surface area contributed by atoms with Gasteiger partial charge in [0.05, 0.1) is 5.69 Å². The predicted molar refractivity (Wildman–Crippen MR) is 90.7 cm³/mol. The van der Waals surface area contributed by atoms with Crippen LogP contribution in [0, 0.1) is 12.8 Å². The standard InChI is InChI=1S/C17H16N4O2S/c1-10-7-15(21-23-10)20-16(22)11-4-5-13-14(8-11)24-17(19-13)12-3-2-6-18-9-12/h2-3,6-7,9,11H,4-5,8H2,1H3,(H,20,21,22). The fourth-order valence-corrected chi connectivity index (χ4v) is 4.04. The first-order valence-corrected chi connectivity index (χ1v) is 8.64. The third-order valence-corrected chi connectivity index (χ3v) is 5.27. The van der Waals surface area contributed by atoms with Crippen LogP contribution in [0.2, 0.25) is 0 Å². The minimum Gasteiger partial charge on any atom is -0.360 e. The molecule has 0 aliphatic heterocycles. The van der Waals surface area contributed by atoms with Crippen molar-refractivity contribution >= 4 is 23.1 Å². The van der Waals surface area contributed by atoms with Gasteiger partial charge in [0.2, 0.25) is 5.91 Å². The molecule has 0 spiro atoms. The molecule has 3 aromatic rings. The lowest BCUT2D eigenvalue weighted by Crippen LogP contribution is -2.27. The van der Waals surface area contributed by atoms with E-state index in [1.54, 1.807) is 30.5 Å². The van der Waals surface area contributed by atoms with Gasteiger partial charge in [-0.25, -0.2) is 4.98 Å². The zero-order valence-corrected chi connectivity index (χ0v) is 14.0. The van der Waals surface area contributed by atoms with Crippen LogP contribution < -0.4 is 5.32 Å². The zero-order valence-electron chi connectivity index (χ0n) is 13.2. The van der Waals surface area contributed by atoms with Gasteiger partial charge < -0.3 is 9.84 Å². The fraction of sp³-hybridized carbons (Fsp3) is 0.294. The van der Waals surface area contributed by atoms with Crippen LogP contribution in [0.25, 0.3) is 10.6 Å².